The van der Waals surface area contributed by atoms with Crippen LogP contribution < -0.4 is 20.7 Å². The molecule has 5 rings (SSSR count). The number of carbonyl (C=O) groups is 4. The van der Waals surface area contributed by atoms with Gasteiger partial charge in [-0.15, -0.1) is 23.1 Å². The summed E-state index contributed by atoms with van der Waals surface area (Å²) in [6.07, 6.45) is 0.305. The zero-order chi connectivity index (χ0) is 44.5. The van der Waals surface area contributed by atoms with Crippen molar-refractivity contribution in [3.63, 3.8) is 0 Å². The number of β-amino-alcohol motifs (C(OH)–C–C–N with tert-alkyl or cyclic N) is 1. The number of hydrogen-bond donors (Lipinski definition) is 4. The summed E-state index contributed by atoms with van der Waals surface area (Å²) in [6.45, 7) is 14.7. The normalized spacial score (nSPS) is 18.3. The number of thiazole rings is 1. The Hall–Kier alpha value is -4.25. The maximum absolute atomic E-state index is 14.6. The minimum absolute atomic E-state index is 0.0274. The van der Waals surface area contributed by atoms with Gasteiger partial charge in [0.2, 0.25) is 11.8 Å². The maximum atomic E-state index is 14.6. The van der Waals surface area contributed by atoms with Crippen LogP contribution in [0.5, 0.6) is 5.75 Å². The molecule has 2 aliphatic rings. The second-order valence-corrected chi connectivity index (χ2v) is 20.2. The lowest BCUT2D eigenvalue weighted by molar-refractivity contribution is -0.145. The molecule has 16 heteroatoms. The summed E-state index contributed by atoms with van der Waals surface area (Å²) < 4.78 is 26.6. The molecule has 2 fully saturated rings. The van der Waals surface area contributed by atoms with E-state index in [9.17, 15) is 28.7 Å². The highest BCUT2D eigenvalue weighted by Crippen LogP contribution is 2.40. The number of amides is 4. The quantitative estimate of drug-likeness (QED) is 0.0772. The summed E-state index contributed by atoms with van der Waals surface area (Å²) in [5.74, 6) is -0.525. The van der Waals surface area contributed by atoms with Crippen LogP contribution in [0, 0.1) is 12.3 Å². The van der Waals surface area contributed by atoms with Gasteiger partial charge in [0.15, 0.2) is 5.67 Å². The highest BCUT2D eigenvalue weighted by atomic mass is 32.2. The Bertz CT molecular complexity index is 1970. The number of alkyl carbamates (subject to hydrolysis) is 1. The number of rotatable bonds is 19. The number of carbonyl (C=O) groups excluding carboxylic acids is 4. The van der Waals surface area contributed by atoms with Crippen LogP contribution in [0.2, 0.25) is 0 Å². The molecule has 0 unspecified atom stereocenters. The van der Waals surface area contributed by atoms with Gasteiger partial charge in [0.05, 0.1) is 28.8 Å². The van der Waals surface area contributed by atoms with Crippen molar-refractivity contribution in [1.29, 1.82) is 0 Å². The van der Waals surface area contributed by atoms with Crippen LogP contribution in [0.15, 0.2) is 58.9 Å². The van der Waals surface area contributed by atoms with Crippen molar-refractivity contribution in [2.24, 2.45) is 5.41 Å². The summed E-state index contributed by atoms with van der Waals surface area (Å²) in [5.41, 5.74) is 1.01. The van der Waals surface area contributed by atoms with Gasteiger partial charge in [-0.05, 0) is 96.1 Å². The molecule has 4 amide bonds. The van der Waals surface area contributed by atoms with Crippen LogP contribution in [-0.2, 0) is 25.7 Å². The van der Waals surface area contributed by atoms with Gasteiger partial charge in [0, 0.05) is 48.3 Å². The number of ether oxygens (including phenoxy) is 2. The van der Waals surface area contributed by atoms with Crippen LogP contribution >= 0.6 is 23.1 Å². The van der Waals surface area contributed by atoms with Gasteiger partial charge in [0.1, 0.15) is 23.4 Å². The molecule has 0 spiro atoms. The zero-order valence-electron chi connectivity index (χ0n) is 36.7. The molecule has 0 bridgehead atoms. The second kappa shape index (κ2) is 20.7. The first kappa shape index (κ1) is 47.8. The first-order valence-corrected chi connectivity index (χ1v) is 22.9. The fourth-order valence-electron chi connectivity index (χ4n) is 6.96. The van der Waals surface area contributed by atoms with Crippen LogP contribution in [0.1, 0.15) is 84.9 Å². The van der Waals surface area contributed by atoms with Gasteiger partial charge in [-0.1, -0.05) is 51.1 Å². The Morgan fingerprint density at radius 2 is 1.79 bits per heavy atom. The van der Waals surface area contributed by atoms with E-state index in [0.29, 0.717) is 24.5 Å². The molecule has 61 heavy (non-hydrogen) atoms. The van der Waals surface area contributed by atoms with Crippen molar-refractivity contribution in [3.05, 3.63) is 65.3 Å². The second-order valence-electron chi connectivity index (χ2n) is 18.2. The smallest absolute Gasteiger partial charge is 0.407 e. The first-order valence-electron chi connectivity index (χ1n) is 21.0. The van der Waals surface area contributed by atoms with E-state index in [1.807, 2.05) is 71.1 Å². The minimum atomic E-state index is -1.97. The number of hydrogen-bond acceptors (Lipinski definition) is 11. The van der Waals surface area contributed by atoms with Crippen molar-refractivity contribution >= 4 is 46.9 Å². The number of aliphatic hydroxyl groups is 1. The Morgan fingerprint density at radius 3 is 2.43 bits per heavy atom. The Labute approximate surface area is 367 Å². The van der Waals surface area contributed by atoms with Crippen molar-refractivity contribution in [2.45, 2.75) is 128 Å². The van der Waals surface area contributed by atoms with E-state index in [-0.39, 0.29) is 38.4 Å². The number of nitrogens with zero attached hydrogens (tertiary/aromatic N) is 3. The lowest BCUT2D eigenvalue weighted by Crippen LogP contribution is -2.59. The molecule has 3 aromatic rings. The van der Waals surface area contributed by atoms with Crippen LogP contribution in [0.3, 0.4) is 0 Å². The molecule has 334 valence electrons. The number of nitrogens with one attached hydrogen (secondary N) is 3. The number of alkyl halides is 1. The first-order chi connectivity index (χ1) is 28.7. The number of aromatic nitrogens is 1. The number of likely N-dealkylation sites (tertiary alicyclic amines) is 1. The van der Waals surface area contributed by atoms with Gasteiger partial charge in [-0.2, -0.15) is 0 Å². The Balaban J connectivity index is 1.19. The molecular formula is C45H63FN6O7S2. The highest BCUT2D eigenvalue weighted by molar-refractivity contribution is 7.99. The predicted octanol–water partition coefficient (Wildman–Crippen LogP) is 6.51. The molecular weight excluding hydrogens is 820 g/mol. The average molecular weight is 883 g/mol. The summed E-state index contributed by atoms with van der Waals surface area (Å²) in [5, 5.41) is 19.3. The SMILES string of the molecule is Cc1ncsc1-c1ccc(CNC(=O)[C@@H]2C[C@@H](O)CN2C(=O)[C@@H](NC(=O)C2(F)CC2)C(C)(C)C)c(OCCCN(C)CC[C@H](CSc2ccccc2)NC(=O)OC(C)(C)C)c1. The van der Waals surface area contributed by atoms with Crippen LogP contribution in [-0.4, -0.2) is 118 Å². The highest BCUT2D eigenvalue weighted by Gasteiger charge is 2.53. The molecule has 4 N–H and O–H groups in total. The predicted molar refractivity (Wildman–Crippen MR) is 237 cm³/mol. The maximum Gasteiger partial charge on any atom is 0.407 e. The molecule has 2 heterocycles. The van der Waals surface area contributed by atoms with Gasteiger partial charge in [-0.3, -0.25) is 14.4 Å². The van der Waals surface area contributed by atoms with E-state index in [4.69, 9.17) is 9.47 Å². The van der Waals surface area contributed by atoms with Gasteiger partial charge in [0.25, 0.3) is 5.91 Å². The summed E-state index contributed by atoms with van der Waals surface area (Å²) >= 11 is 3.22. The Kier molecular flexibility index (Phi) is 16.3. The van der Waals surface area contributed by atoms with E-state index in [2.05, 4.69) is 38.0 Å². The van der Waals surface area contributed by atoms with Crippen molar-refractivity contribution in [1.82, 2.24) is 30.7 Å². The number of thioether (sulfide) groups is 1. The summed E-state index contributed by atoms with van der Waals surface area (Å²) in [4.78, 5) is 63.1. The molecule has 0 radical (unpaired) electrons. The van der Waals surface area contributed by atoms with E-state index < -0.39 is 58.7 Å². The van der Waals surface area contributed by atoms with Gasteiger partial charge in [-0.25, -0.2) is 14.2 Å². The topological polar surface area (TPSA) is 162 Å². The third kappa shape index (κ3) is 14.1. The van der Waals surface area contributed by atoms with Crippen molar-refractivity contribution < 1.29 is 38.1 Å². The van der Waals surface area contributed by atoms with E-state index in [1.54, 1.807) is 38.0 Å². The van der Waals surface area contributed by atoms with Gasteiger partial charge < -0.3 is 40.3 Å². The number of benzene rings is 2. The van der Waals surface area contributed by atoms with E-state index >= 15 is 0 Å². The molecule has 1 saturated heterocycles. The lowest BCUT2D eigenvalue weighted by atomic mass is 9.85. The molecule has 4 atom stereocenters. The number of halogens is 1. The van der Waals surface area contributed by atoms with Gasteiger partial charge >= 0.3 is 6.09 Å². The molecule has 1 saturated carbocycles. The van der Waals surface area contributed by atoms with E-state index in [0.717, 1.165) is 46.1 Å². The van der Waals surface area contributed by atoms with Crippen LogP contribution in [0.4, 0.5) is 9.18 Å². The summed E-state index contributed by atoms with van der Waals surface area (Å²) in [6, 6.07) is 13.7. The number of aliphatic hydroxyl groups excluding tert-OH is 1. The lowest BCUT2D eigenvalue weighted by Gasteiger charge is -2.35. The van der Waals surface area contributed by atoms with Crippen molar-refractivity contribution in [3.8, 4) is 16.2 Å². The van der Waals surface area contributed by atoms with Crippen molar-refractivity contribution in [2.75, 3.05) is 39.0 Å². The molecule has 1 aromatic heterocycles. The molecule has 1 aliphatic heterocycles. The third-order valence-electron chi connectivity index (χ3n) is 10.6. The summed E-state index contributed by atoms with van der Waals surface area (Å²) in [7, 11) is 2.04. The largest absolute Gasteiger partial charge is 0.493 e. The fourth-order valence-corrected chi connectivity index (χ4v) is 8.76. The average Bonchev–Trinajstić information content (AvgIpc) is 3.60. The third-order valence-corrected chi connectivity index (χ3v) is 12.7. The van der Waals surface area contributed by atoms with Crippen LogP contribution in [0.25, 0.3) is 10.4 Å². The fraction of sp³-hybridized carbons (Fsp3) is 0.578. The van der Waals surface area contributed by atoms with E-state index in [1.165, 1.54) is 16.2 Å². The molecule has 1 aliphatic carbocycles. The monoisotopic (exact) mass is 882 g/mol. The minimum Gasteiger partial charge on any atom is -0.493 e. The Morgan fingerprint density at radius 1 is 1.07 bits per heavy atom. The molecule has 2 aromatic carbocycles. The number of aryl methyl sites for hydroxylation is 1. The standard InChI is InChI=1S/C45H63FN6O7S2/c1-29-37(61-28-48-29)30-15-16-31(25-47-39(54)35-24-33(53)26-52(35)40(55)38(43(2,3)4)50-41(56)45(46)18-19-45)36(23-30)58-22-12-20-51(8)21-17-32(49-42(57)59-44(5,6)7)27-60-34-13-10-9-11-14-34/h9-11,13-16,23,28,32-33,35,38,53H,12,17-22,24-27H2,1-8H3,(H,47,54)(H,49,57)(H,50,56)/t32-,33-,35+,38-/m1/s1. The molecule has 13 nitrogen and oxygen atoms in total. The zero-order valence-corrected chi connectivity index (χ0v) is 38.3.